The Morgan fingerprint density at radius 1 is 1.25 bits per heavy atom. The summed E-state index contributed by atoms with van der Waals surface area (Å²) in [5, 5.41) is 11.8. The normalized spacial score (nSPS) is 15.8. The molecule has 5 heteroatoms. The molecule has 0 atom stereocenters. The Kier molecular flexibility index (Phi) is 2.46. The minimum absolute atomic E-state index is 0.806. The largest absolute Gasteiger partial charge is 0.347 e. The van der Waals surface area contributed by atoms with Crippen molar-refractivity contribution in [2.75, 3.05) is 6.54 Å². The maximum Gasteiger partial charge on any atom is 0.153 e. The van der Waals surface area contributed by atoms with Crippen molar-refractivity contribution in [1.82, 2.24) is 24.6 Å². The van der Waals surface area contributed by atoms with E-state index in [2.05, 4.69) is 37.0 Å². The zero-order valence-electron chi connectivity index (χ0n) is 9.13. The summed E-state index contributed by atoms with van der Waals surface area (Å²) in [7, 11) is 0. The van der Waals surface area contributed by atoms with Gasteiger partial charge in [-0.1, -0.05) is 0 Å². The fourth-order valence-corrected chi connectivity index (χ4v) is 2.08. The van der Waals surface area contributed by atoms with Crippen LogP contribution in [0.15, 0.2) is 24.5 Å². The number of hydrogen-bond acceptors (Lipinski definition) is 3. The van der Waals surface area contributed by atoms with E-state index in [9.17, 15) is 0 Å². The van der Waals surface area contributed by atoms with Crippen LogP contribution in [0.3, 0.4) is 0 Å². The lowest BCUT2D eigenvalue weighted by atomic mass is 10.4. The third-order valence-electron chi connectivity index (χ3n) is 2.91. The highest BCUT2D eigenvalue weighted by Gasteiger charge is 2.13. The van der Waals surface area contributed by atoms with E-state index in [0.717, 1.165) is 44.2 Å². The third kappa shape index (κ3) is 1.74. The molecule has 0 radical (unpaired) electrons. The van der Waals surface area contributed by atoms with Gasteiger partial charge < -0.3 is 14.5 Å². The van der Waals surface area contributed by atoms with E-state index in [0.29, 0.717) is 0 Å². The van der Waals surface area contributed by atoms with E-state index in [1.165, 1.54) is 0 Å². The minimum atomic E-state index is 0.806. The molecule has 0 bridgehead atoms. The highest BCUT2D eigenvalue weighted by atomic mass is 15.3. The SMILES string of the molecule is c1ccn(Cc2nnc3n2CCCNC3)c1. The van der Waals surface area contributed by atoms with Gasteiger partial charge in [0.1, 0.15) is 5.82 Å². The molecular weight excluding hydrogens is 202 g/mol. The standard InChI is InChI=1S/C11H15N5/c1-2-6-15(5-1)9-11-14-13-10-8-12-4-3-7-16(10)11/h1-2,5-6,12H,3-4,7-9H2. The van der Waals surface area contributed by atoms with Crippen LogP contribution in [0.4, 0.5) is 0 Å². The first kappa shape index (κ1) is 9.59. The van der Waals surface area contributed by atoms with Crippen molar-refractivity contribution in [1.29, 1.82) is 0 Å². The van der Waals surface area contributed by atoms with E-state index >= 15 is 0 Å². The molecule has 0 unspecified atom stereocenters. The van der Waals surface area contributed by atoms with Crippen LogP contribution in [-0.4, -0.2) is 25.9 Å². The van der Waals surface area contributed by atoms with Gasteiger partial charge >= 0.3 is 0 Å². The van der Waals surface area contributed by atoms with Crippen molar-refractivity contribution in [3.05, 3.63) is 36.2 Å². The Labute approximate surface area is 94.1 Å². The molecule has 0 saturated carbocycles. The molecule has 5 nitrogen and oxygen atoms in total. The Bertz CT molecular complexity index is 457. The third-order valence-corrected chi connectivity index (χ3v) is 2.91. The number of hydrogen-bond donors (Lipinski definition) is 1. The fourth-order valence-electron chi connectivity index (χ4n) is 2.08. The highest BCUT2D eigenvalue weighted by Crippen LogP contribution is 2.08. The monoisotopic (exact) mass is 217 g/mol. The van der Waals surface area contributed by atoms with E-state index in [-0.39, 0.29) is 0 Å². The Morgan fingerprint density at radius 2 is 2.12 bits per heavy atom. The van der Waals surface area contributed by atoms with Gasteiger partial charge in [0.05, 0.1) is 13.1 Å². The molecule has 3 heterocycles. The lowest BCUT2D eigenvalue weighted by Crippen LogP contribution is -2.12. The van der Waals surface area contributed by atoms with Crippen LogP contribution in [0.5, 0.6) is 0 Å². The zero-order valence-corrected chi connectivity index (χ0v) is 9.13. The van der Waals surface area contributed by atoms with Crippen LogP contribution >= 0.6 is 0 Å². The molecule has 0 aromatic carbocycles. The Hall–Kier alpha value is -1.62. The second-order valence-electron chi connectivity index (χ2n) is 4.07. The molecule has 0 saturated heterocycles. The summed E-state index contributed by atoms with van der Waals surface area (Å²) in [6.07, 6.45) is 5.25. The van der Waals surface area contributed by atoms with Gasteiger partial charge in [-0.15, -0.1) is 10.2 Å². The van der Waals surface area contributed by atoms with Gasteiger partial charge in [0.2, 0.25) is 0 Å². The van der Waals surface area contributed by atoms with Gasteiger partial charge in [-0.2, -0.15) is 0 Å². The summed E-state index contributed by atoms with van der Waals surface area (Å²) in [5.41, 5.74) is 0. The first-order chi connectivity index (χ1) is 7.93. The summed E-state index contributed by atoms with van der Waals surface area (Å²) in [4.78, 5) is 0. The number of nitrogens with one attached hydrogen (secondary N) is 1. The number of rotatable bonds is 2. The van der Waals surface area contributed by atoms with E-state index in [1.807, 2.05) is 12.1 Å². The molecule has 0 aliphatic carbocycles. The van der Waals surface area contributed by atoms with Crippen molar-refractivity contribution in [2.24, 2.45) is 0 Å². The van der Waals surface area contributed by atoms with Gasteiger partial charge in [0.25, 0.3) is 0 Å². The molecule has 3 rings (SSSR count). The van der Waals surface area contributed by atoms with Gasteiger partial charge in [0.15, 0.2) is 5.82 Å². The summed E-state index contributed by atoms with van der Waals surface area (Å²) < 4.78 is 4.36. The van der Waals surface area contributed by atoms with Crippen LogP contribution < -0.4 is 5.32 Å². The predicted molar refractivity (Wildman–Crippen MR) is 59.9 cm³/mol. The van der Waals surface area contributed by atoms with E-state index in [4.69, 9.17) is 0 Å². The van der Waals surface area contributed by atoms with Crippen LogP contribution in [0.1, 0.15) is 18.1 Å². The quantitative estimate of drug-likeness (QED) is 0.802. The van der Waals surface area contributed by atoms with Crippen LogP contribution in [0.25, 0.3) is 0 Å². The summed E-state index contributed by atoms with van der Waals surface area (Å²) in [6.45, 7) is 3.72. The average molecular weight is 217 g/mol. The van der Waals surface area contributed by atoms with Crippen LogP contribution in [0, 0.1) is 0 Å². The van der Waals surface area contributed by atoms with Crippen LogP contribution in [-0.2, 0) is 19.6 Å². The van der Waals surface area contributed by atoms with Crippen molar-refractivity contribution >= 4 is 0 Å². The molecule has 0 spiro atoms. The second-order valence-corrected chi connectivity index (χ2v) is 4.07. The molecular formula is C11H15N5. The first-order valence-electron chi connectivity index (χ1n) is 5.66. The highest BCUT2D eigenvalue weighted by molar-refractivity contribution is 5.00. The molecule has 1 N–H and O–H groups in total. The summed E-state index contributed by atoms with van der Waals surface area (Å²) >= 11 is 0. The maximum absolute atomic E-state index is 4.27. The van der Waals surface area contributed by atoms with E-state index < -0.39 is 0 Å². The van der Waals surface area contributed by atoms with Crippen molar-refractivity contribution in [3.63, 3.8) is 0 Å². The Morgan fingerprint density at radius 3 is 3.00 bits per heavy atom. The lowest BCUT2D eigenvalue weighted by molar-refractivity contribution is 0.598. The van der Waals surface area contributed by atoms with Crippen LogP contribution in [0.2, 0.25) is 0 Å². The molecule has 1 aliphatic rings. The molecule has 2 aromatic heterocycles. The maximum atomic E-state index is 4.27. The minimum Gasteiger partial charge on any atom is -0.347 e. The van der Waals surface area contributed by atoms with E-state index in [1.54, 1.807) is 0 Å². The van der Waals surface area contributed by atoms with Crippen molar-refractivity contribution < 1.29 is 0 Å². The number of aromatic nitrogens is 4. The van der Waals surface area contributed by atoms with Gasteiger partial charge in [-0.3, -0.25) is 0 Å². The predicted octanol–water partition coefficient (Wildman–Crippen LogP) is 0.621. The topological polar surface area (TPSA) is 47.7 Å². The molecule has 1 aliphatic heterocycles. The summed E-state index contributed by atoms with van der Waals surface area (Å²) in [5.74, 6) is 2.11. The lowest BCUT2D eigenvalue weighted by Gasteiger charge is -2.06. The first-order valence-corrected chi connectivity index (χ1v) is 5.66. The van der Waals surface area contributed by atoms with Crippen molar-refractivity contribution in [2.45, 2.75) is 26.1 Å². The molecule has 0 fully saturated rings. The second kappa shape index (κ2) is 4.09. The average Bonchev–Trinajstić information content (AvgIpc) is 2.86. The number of nitrogens with zero attached hydrogens (tertiary/aromatic N) is 4. The van der Waals surface area contributed by atoms with Gasteiger partial charge in [-0.05, 0) is 25.1 Å². The zero-order chi connectivity index (χ0) is 10.8. The molecule has 84 valence electrons. The number of fused-ring (bicyclic) bond motifs is 1. The molecule has 2 aromatic rings. The van der Waals surface area contributed by atoms with Gasteiger partial charge in [0, 0.05) is 18.9 Å². The van der Waals surface area contributed by atoms with Gasteiger partial charge in [-0.25, -0.2) is 0 Å². The molecule has 16 heavy (non-hydrogen) atoms. The molecule has 0 amide bonds. The van der Waals surface area contributed by atoms with Crippen molar-refractivity contribution in [3.8, 4) is 0 Å². The summed E-state index contributed by atoms with van der Waals surface area (Å²) in [6, 6.07) is 4.06. The smallest absolute Gasteiger partial charge is 0.153 e. The Balaban J connectivity index is 1.87. The fraction of sp³-hybridized carbons (Fsp3) is 0.455.